The fraction of sp³-hybridized carbons (Fsp3) is 0. The molecule has 4 heteroatoms. The Bertz CT molecular complexity index is 2390. The molecule has 0 atom stereocenters. The first-order chi connectivity index (χ1) is 19.3. The van der Waals surface area contributed by atoms with Gasteiger partial charge in [0.15, 0.2) is 0 Å². The lowest BCUT2D eigenvalue weighted by Gasteiger charge is -2.09. The third-order valence-corrected chi connectivity index (χ3v) is 8.97. The Balaban J connectivity index is 1.22. The van der Waals surface area contributed by atoms with E-state index in [0.717, 1.165) is 43.7 Å². The molecule has 6 aromatic carbocycles. The number of benzene rings is 6. The van der Waals surface area contributed by atoms with Crippen LogP contribution in [-0.2, 0) is 0 Å². The van der Waals surface area contributed by atoms with Crippen molar-refractivity contribution in [3.8, 4) is 16.3 Å². The van der Waals surface area contributed by atoms with Crippen molar-refractivity contribution < 1.29 is 4.42 Å². The lowest BCUT2D eigenvalue weighted by Crippen LogP contribution is -1.93. The molecule has 0 aliphatic rings. The highest BCUT2D eigenvalue weighted by Crippen LogP contribution is 2.41. The van der Waals surface area contributed by atoms with Crippen molar-refractivity contribution in [1.29, 1.82) is 0 Å². The van der Waals surface area contributed by atoms with Crippen LogP contribution in [0.5, 0.6) is 0 Å². The SMILES string of the molecule is c1ccc2c(c1)ccc1c2c2ccccc2n1-c1ccc(-c2nc3ccc4oc5ccccc5c4c3s2)cc1. The minimum absolute atomic E-state index is 0.910. The molecule has 0 aliphatic heterocycles. The van der Waals surface area contributed by atoms with Gasteiger partial charge in [-0.1, -0.05) is 66.7 Å². The minimum Gasteiger partial charge on any atom is -0.456 e. The summed E-state index contributed by atoms with van der Waals surface area (Å²) in [7, 11) is 0. The molecular weight excluding hydrogens is 496 g/mol. The number of para-hydroxylation sites is 2. The van der Waals surface area contributed by atoms with Crippen molar-refractivity contribution in [2.24, 2.45) is 0 Å². The highest BCUT2D eigenvalue weighted by Gasteiger charge is 2.17. The van der Waals surface area contributed by atoms with Crippen molar-refractivity contribution in [3.63, 3.8) is 0 Å². The van der Waals surface area contributed by atoms with E-state index in [-0.39, 0.29) is 0 Å². The number of aromatic nitrogens is 2. The van der Waals surface area contributed by atoms with Gasteiger partial charge in [0.1, 0.15) is 16.2 Å². The third kappa shape index (κ3) is 2.95. The van der Waals surface area contributed by atoms with Gasteiger partial charge in [-0.15, -0.1) is 11.3 Å². The van der Waals surface area contributed by atoms with Crippen molar-refractivity contribution in [1.82, 2.24) is 9.55 Å². The van der Waals surface area contributed by atoms with Crippen molar-refractivity contribution in [3.05, 3.63) is 121 Å². The van der Waals surface area contributed by atoms with Gasteiger partial charge in [-0.05, 0) is 65.4 Å². The number of hydrogen-bond donors (Lipinski definition) is 0. The number of fused-ring (bicyclic) bond motifs is 10. The summed E-state index contributed by atoms with van der Waals surface area (Å²) < 4.78 is 9.65. The molecule has 0 radical (unpaired) electrons. The van der Waals surface area contributed by atoms with Crippen LogP contribution in [0.25, 0.3) is 81.0 Å². The predicted octanol–water partition coefficient (Wildman–Crippen LogP) is 10.1. The number of hydrogen-bond acceptors (Lipinski definition) is 3. The molecule has 9 rings (SSSR count). The van der Waals surface area contributed by atoms with Gasteiger partial charge in [-0.25, -0.2) is 4.98 Å². The maximum Gasteiger partial charge on any atom is 0.137 e. The Morgan fingerprint density at radius 1 is 0.564 bits per heavy atom. The minimum atomic E-state index is 0.910. The molecule has 0 fully saturated rings. The average Bonchev–Trinajstić information content (AvgIpc) is 3.68. The molecule has 9 aromatic rings. The van der Waals surface area contributed by atoms with E-state index in [4.69, 9.17) is 9.40 Å². The lowest BCUT2D eigenvalue weighted by atomic mass is 10.0. The molecule has 3 nitrogen and oxygen atoms in total. The zero-order chi connectivity index (χ0) is 25.5. The zero-order valence-electron chi connectivity index (χ0n) is 20.8. The molecule has 0 unspecified atom stereocenters. The molecule has 3 heterocycles. The van der Waals surface area contributed by atoms with E-state index in [1.807, 2.05) is 18.2 Å². The van der Waals surface area contributed by atoms with Gasteiger partial charge in [0.05, 0.1) is 21.3 Å². The average molecular weight is 517 g/mol. The van der Waals surface area contributed by atoms with E-state index in [2.05, 4.69) is 108 Å². The predicted molar refractivity (Wildman–Crippen MR) is 164 cm³/mol. The fourth-order valence-electron chi connectivity index (χ4n) is 6.09. The van der Waals surface area contributed by atoms with Gasteiger partial charge in [-0.2, -0.15) is 0 Å². The number of thiazole rings is 1. The Morgan fingerprint density at radius 3 is 2.23 bits per heavy atom. The van der Waals surface area contributed by atoms with E-state index >= 15 is 0 Å². The van der Waals surface area contributed by atoms with Gasteiger partial charge in [0, 0.05) is 32.8 Å². The van der Waals surface area contributed by atoms with E-state index in [9.17, 15) is 0 Å². The van der Waals surface area contributed by atoms with Crippen LogP contribution in [0.1, 0.15) is 0 Å². The van der Waals surface area contributed by atoms with Crippen LogP contribution >= 0.6 is 11.3 Å². The van der Waals surface area contributed by atoms with E-state index in [1.165, 1.54) is 37.3 Å². The van der Waals surface area contributed by atoms with Crippen LogP contribution in [0.3, 0.4) is 0 Å². The highest BCUT2D eigenvalue weighted by atomic mass is 32.1. The second-order valence-corrected chi connectivity index (χ2v) is 11.0. The Kier molecular flexibility index (Phi) is 4.21. The maximum atomic E-state index is 6.11. The van der Waals surface area contributed by atoms with E-state index in [0.29, 0.717) is 0 Å². The Morgan fingerprint density at radius 2 is 1.33 bits per heavy atom. The molecule has 0 spiro atoms. The molecule has 182 valence electrons. The zero-order valence-corrected chi connectivity index (χ0v) is 21.6. The Labute approximate surface area is 227 Å². The van der Waals surface area contributed by atoms with Crippen LogP contribution in [0, 0.1) is 0 Å². The van der Waals surface area contributed by atoms with Crippen molar-refractivity contribution >= 4 is 76.1 Å². The summed E-state index contributed by atoms with van der Waals surface area (Å²) in [6.45, 7) is 0. The van der Waals surface area contributed by atoms with Gasteiger partial charge in [-0.3, -0.25) is 0 Å². The van der Waals surface area contributed by atoms with Crippen molar-refractivity contribution in [2.45, 2.75) is 0 Å². The van der Waals surface area contributed by atoms with Crippen LogP contribution in [0.4, 0.5) is 0 Å². The molecule has 0 aliphatic carbocycles. The second-order valence-electron chi connectivity index (χ2n) is 9.98. The van der Waals surface area contributed by atoms with Crippen LogP contribution in [0.2, 0.25) is 0 Å². The van der Waals surface area contributed by atoms with Gasteiger partial charge < -0.3 is 8.98 Å². The number of nitrogens with zero attached hydrogens (tertiary/aromatic N) is 2. The summed E-state index contributed by atoms with van der Waals surface area (Å²) >= 11 is 1.73. The summed E-state index contributed by atoms with van der Waals surface area (Å²) in [4.78, 5) is 5.02. The second kappa shape index (κ2) is 7.79. The largest absolute Gasteiger partial charge is 0.456 e. The van der Waals surface area contributed by atoms with Crippen molar-refractivity contribution in [2.75, 3.05) is 0 Å². The smallest absolute Gasteiger partial charge is 0.137 e. The highest BCUT2D eigenvalue weighted by molar-refractivity contribution is 7.22. The first-order valence-electron chi connectivity index (χ1n) is 13.1. The third-order valence-electron chi connectivity index (χ3n) is 7.83. The monoisotopic (exact) mass is 516 g/mol. The molecule has 3 aromatic heterocycles. The van der Waals surface area contributed by atoms with Gasteiger partial charge >= 0.3 is 0 Å². The quantitative estimate of drug-likeness (QED) is 0.229. The van der Waals surface area contributed by atoms with Crippen LogP contribution < -0.4 is 0 Å². The summed E-state index contributed by atoms with van der Waals surface area (Å²) in [5, 5.41) is 8.44. The molecule has 0 bridgehead atoms. The van der Waals surface area contributed by atoms with Gasteiger partial charge in [0.25, 0.3) is 0 Å². The van der Waals surface area contributed by atoms with E-state index < -0.39 is 0 Å². The summed E-state index contributed by atoms with van der Waals surface area (Å²) in [6, 6.07) is 43.0. The molecular formula is C35H20N2OS. The van der Waals surface area contributed by atoms with E-state index in [1.54, 1.807) is 11.3 Å². The summed E-state index contributed by atoms with van der Waals surface area (Å²) in [5.74, 6) is 0. The first kappa shape index (κ1) is 21.1. The van der Waals surface area contributed by atoms with Crippen LogP contribution in [0.15, 0.2) is 126 Å². The fourth-order valence-corrected chi connectivity index (χ4v) is 7.21. The summed E-state index contributed by atoms with van der Waals surface area (Å²) in [5.41, 5.74) is 7.53. The number of rotatable bonds is 2. The van der Waals surface area contributed by atoms with Gasteiger partial charge in [0.2, 0.25) is 0 Å². The summed E-state index contributed by atoms with van der Waals surface area (Å²) in [6.07, 6.45) is 0. The normalized spacial score (nSPS) is 12.1. The molecule has 0 saturated heterocycles. The molecule has 0 amide bonds. The lowest BCUT2D eigenvalue weighted by molar-refractivity contribution is 0.669. The standard InChI is InChI=1S/C35H20N2OS/c1-2-8-24-21(7-1)15-19-29-32(24)25-9-3-5-11-28(25)37(29)23-16-13-22(14-17-23)35-36-27-18-20-31-33(34(27)39-35)26-10-4-6-12-30(26)38-31/h1-20H. The van der Waals surface area contributed by atoms with Crippen LogP contribution in [-0.4, -0.2) is 9.55 Å². The molecule has 39 heavy (non-hydrogen) atoms. The maximum absolute atomic E-state index is 6.11. The first-order valence-corrected chi connectivity index (χ1v) is 13.9. The Hall–Kier alpha value is -4.93. The number of furan rings is 1. The molecule has 0 N–H and O–H groups in total. The molecule has 0 saturated carbocycles. The topological polar surface area (TPSA) is 31.0 Å².